The van der Waals surface area contributed by atoms with Crippen LogP contribution in [0.1, 0.15) is 11.1 Å². The molecule has 0 amide bonds. The highest BCUT2D eigenvalue weighted by Crippen LogP contribution is 2.25. The summed E-state index contributed by atoms with van der Waals surface area (Å²) in [7, 11) is 0. The number of hydrogen-bond donors (Lipinski definition) is 1. The number of anilines is 1. The summed E-state index contributed by atoms with van der Waals surface area (Å²) >= 11 is 9.30. The van der Waals surface area contributed by atoms with Gasteiger partial charge < -0.3 is 10.5 Å². The third-order valence-electron chi connectivity index (χ3n) is 2.60. The minimum absolute atomic E-state index is 0.471. The zero-order chi connectivity index (χ0) is 13.1. The zero-order valence-corrected chi connectivity index (χ0v) is 12.3. The molecular formula is C14H13BrClNO. The molecule has 2 aromatic rings. The van der Waals surface area contributed by atoms with Gasteiger partial charge >= 0.3 is 0 Å². The van der Waals surface area contributed by atoms with Crippen molar-refractivity contribution in [3.05, 3.63) is 57.0 Å². The van der Waals surface area contributed by atoms with E-state index < -0.39 is 0 Å². The second kappa shape index (κ2) is 5.63. The monoisotopic (exact) mass is 325 g/mol. The van der Waals surface area contributed by atoms with Crippen molar-refractivity contribution in [2.45, 2.75) is 13.5 Å². The Morgan fingerprint density at radius 3 is 2.72 bits per heavy atom. The molecule has 0 spiro atoms. The largest absolute Gasteiger partial charge is 0.489 e. The van der Waals surface area contributed by atoms with Gasteiger partial charge in [-0.25, -0.2) is 0 Å². The van der Waals surface area contributed by atoms with E-state index in [1.165, 1.54) is 0 Å². The smallest absolute Gasteiger partial charge is 0.124 e. The van der Waals surface area contributed by atoms with Crippen molar-refractivity contribution in [3.63, 3.8) is 0 Å². The lowest BCUT2D eigenvalue weighted by molar-refractivity contribution is 0.304. The van der Waals surface area contributed by atoms with Crippen molar-refractivity contribution in [1.82, 2.24) is 0 Å². The maximum atomic E-state index is 5.94. The number of nitrogens with two attached hydrogens (primary N) is 1. The Kier molecular flexibility index (Phi) is 4.15. The molecule has 2 rings (SSSR count). The van der Waals surface area contributed by atoms with Crippen molar-refractivity contribution in [2.24, 2.45) is 0 Å². The number of hydrogen-bond acceptors (Lipinski definition) is 2. The van der Waals surface area contributed by atoms with Crippen molar-refractivity contribution < 1.29 is 4.74 Å². The van der Waals surface area contributed by atoms with E-state index in [1.54, 1.807) is 0 Å². The summed E-state index contributed by atoms with van der Waals surface area (Å²) in [6.07, 6.45) is 0. The summed E-state index contributed by atoms with van der Waals surface area (Å²) in [4.78, 5) is 0. The van der Waals surface area contributed by atoms with Crippen LogP contribution in [-0.2, 0) is 6.61 Å². The SMILES string of the molecule is Cc1ccc(Cl)cc1OCc1ccc(Br)c(N)c1. The van der Waals surface area contributed by atoms with Crippen LogP contribution in [0.25, 0.3) is 0 Å². The Hall–Kier alpha value is -1.19. The number of ether oxygens (including phenoxy) is 1. The van der Waals surface area contributed by atoms with Crippen molar-refractivity contribution in [3.8, 4) is 5.75 Å². The van der Waals surface area contributed by atoms with Crippen LogP contribution in [-0.4, -0.2) is 0 Å². The Labute approximate surface area is 120 Å². The van der Waals surface area contributed by atoms with E-state index in [1.807, 2.05) is 43.3 Å². The van der Waals surface area contributed by atoms with Gasteiger partial charge in [0.05, 0.1) is 0 Å². The molecule has 0 aliphatic rings. The molecule has 0 atom stereocenters. The third kappa shape index (κ3) is 3.18. The number of benzene rings is 2. The lowest BCUT2D eigenvalue weighted by Crippen LogP contribution is -1.98. The van der Waals surface area contributed by atoms with Crippen molar-refractivity contribution in [1.29, 1.82) is 0 Å². The van der Waals surface area contributed by atoms with E-state index in [9.17, 15) is 0 Å². The minimum atomic E-state index is 0.471. The normalized spacial score (nSPS) is 10.4. The third-order valence-corrected chi connectivity index (χ3v) is 3.56. The highest BCUT2D eigenvalue weighted by molar-refractivity contribution is 9.10. The van der Waals surface area contributed by atoms with Gasteiger partial charge in [-0.3, -0.25) is 0 Å². The number of rotatable bonds is 3. The maximum absolute atomic E-state index is 5.94. The molecule has 2 N–H and O–H groups in total. The summed E-state index contributed by atoms with van der Waals surface area (Å²) in [5, 5.41) is 0.672. The summed E-state index contributed by atoms with van der Waals surface area (Å²) in [5.74, 6) is 0.795. The molecule has 2 nitrogen and oxygen atoms in total. The Bertz CT molecular complexity index is 572. The predicted molar refractivity (Wildman–Crippen MR) is 79.1 cm³/mol. The van der Waals surface area contributed by atoms with Gasteiger partial charge in [-0.05, 0) is 58.2 Å². The number of aryl methyl sites for hydroxylation is 1. The second-order valence-corrected chi connectivity index (χ2v) is 5.35. The van der Waals surface area contributed by atoms with Crippen molar-refractivity contribution in [2.75, 3.05) is 5.73 Å². The highest BCUT2D eigenvalue weighted by Gasteiger charge is 2.03. The molecule has 0 fully saturated rings. The van der Waals surface area contributed by atoms with Gasteiger partial charge in [-0.15, -0.1) is 0 Å². The number of halogens is 2. The molecule has 0 radical (unpaired) electrons. The van der Waals surface area contributed by atoms with Crippen LogP contribution in [0.4, 0.5) is 5.69 Å². The van der Waals surface area contributed by atoms with Gasteiger partial charge in [-0.2, -0.15) is 0 Å². The van der Waals surface area contributed by atoms with Crippen LogP contribution in [0.2, 0.25) is 5.02 Å². The van der Waals surface area contributed by atoms with Crippen LogP contribution in [0.3, 0.4) is 0 Å². The zero-order valence-electron chi connectivity index (χ0n) is 9.91. The molecule has 94 valence electrons. The molecule has 0 heterocycles. The molecule has 0 aliphatic heterocycles. The lowest BCUT2D eigenvalue weighted by Gasteiger charge is -2.10. The van der Waals surface area contributed by atoms with Crippen LogP contribution in [0, 0.1) is 6.92 Å². The molecule has 0 unspecified atom stereocenters. The van der Waals surface area contributed by atoms with Crippen LogP contribution >= 0.6 is 27.5 Å². The summed E-state index contributed by atoms with van der Waals surface area (Å²) in [6.45, 7) is 2.46. The Morgan fingerprint density at radius 2 is 2.00 bits per heavy atom. The molecular weight excluding hydrogens is 314 g/mol. The van der Waals surface area contributed by atoms with E-state index >= 15 is 0 Å². The van der Waals surface area contributed by atoms with Gasteiger partial charge in [0, 0.05) is 15.2 Å². The molecule has 0 aliphatic carbocycles. The first-order chi connectivity index (χ1) is 8.56. The van der Waals surface area contributed by atoms with E-state index in [2.05, 4.69) is 15.9 Å². The van der Waals surface area contributed by atoms with Gasteiger partial charge in [0.15, 0.2) is 0 Å². The quantitative estimate of drug-likeness (QED) is 0.838. The van der Waals surface area contributed by atoms with Gasteiger partial charge in [0.1, 0.15) is 12.4 Å². The minimum Gasteiger partial charge on any atom is -0.489 e. The average molecular weight is 327 g/mol. The highest BCUT2D eigenvalue weighted by atomic mass is 79.9. The van der Waals surface area contributed by atoms with Crippen LogP contribution in [0.15, 0.2) is 40.9 Å². The van der Waals surface area contributed by atoms with Gasteiger partial charge in [0.25, 0.3) is 0 Å². The summed E-state index contributed by atoms with van der Waals surface area (Å²) in [5.41, 5.74) is 8.61. The van der Waals surface area contributed by atoms with Crippen LogP contribution < -0.4 is 10.5 Å². The standard InChI is InChI=1S/C14H13BrClNO/c1-9-2-4-11(16)7-14(9)18-8-10-3-5-12(15)13(17)6-10/h2-7H,8,17H2,1H3. The number of nitrogen functional groups attached to an aromatic ring is 1. The Morgan fingerprint density at radius 1 is 1.22 bits per heavy atom. The first-order valence-electron chi connectivity index (χ1n) is 5.49. The van der Waals surface area contributed by atoms with Gasteiger partial charge in [-0.1, -0.05) is 23.7 Å². The van der Waals surface area contributed by atoms with Crippen molar-refractivity contribution >= 4 is 33.2 Å². The fraction of sp³-hybridized carbons (Fsp3) is 0.143. The molecule has 0 bridgehead atoms. The molecule has 0 saturated heterocycles. The fourth-order valence-electron chi connectivity index (χ4n) is 1.57. The molecule has 4 heteroatoms. The van der Waals surface area contributed by atoms with Gasteiger partial charge in [0.2, 0.25) is 0 Å². The predicted octanol–water partition coefficient (Wildman–Crippen LogP) is 4.57. The molecule has 18 heavy (non-hydrogen) atoms. The molecule has 0 aromatic heterocycles. The molecule has 0 saturated carbocycles. The van der Waals surface area contributed by atoms with E-state index in [0.29, 0.717) is 17.3 Å². The van der Waals surface area contributed by atoms with E-state index in [0.717, 1.165) is 21.3 Å². The van der Waals surface area contributed by atoms with Crippen LogP contribution in [0.5, 0.6) is 5.75 Å². The second-order valence-electron chi connectivity index (χ2n) is 4.05. The summed E-state index contributed by atoms with van der Waals surface area (Å²) < 4.78 is 6.64. The molecule has 2 aromatic carbocycles. The maximum Gasteiger partial charge on any atom is 0.124 e. The van der Waals surface area contributed by atoms with E-state index in [4.69, 9.17) is 22.1 Å². The first-order valence-corrected chi connectivity index (χ1v) is 6.66. The lowest BCUT2D eigenvalue weighted by atomic mass is 10.2. The van der Waals surface area contributed by atoms with E-state index in [-0.39, 0.29) is 0 Å². The fourth-order valence-corrected chi connectivity index (χ4v) is 1.98. The first kappa shape index (κ1) is 13.2. The topological polar surface area (TPSA) is 35.2 Å². The average Bonchev–Trinajstić information content (AvgIpc) is 2.34. The summed E-state index contributed by atoms with van der Waals surface area (Å²) in [6, 6.07) is 11.4. The Balaban J connectivity index is 2.11.